The van der Waals surface area contributed by atoms with Crippen molar-refractivity contribution in [3.8, 4) is 0 Å². The van der Waals surface area contributed by atoms with Gasteiger partial charge in [0.15, 0.2) is 0 Å². The van der Waals surface area contributed by atoms with Crippen molar-refractivity contribution < 1.29 is 9.59 Å². The number of likely N-dealkylation sites (N-methyl/N-ethyl adjacent to an activating group) is 1. The van der Waals surface area contributed by atoms with Gasteiger partial charge in [0, 0.05) is 18.4 Å². The van der Waals surface area contributed by atoms with Gasteiger partial charge in [-0.2, -0.15) is 0 Å². The number of anilines is 2. The second-order valence-electron chi connectivity index (χ2n) is 5.92. The normalized spacial score (nSPS) is 11.7. The lowest BCUT2D eigenvalue weighted by Gasteiger charge is -2.27. The van der Waals surface area contributed by atoms with Crippen LogP contribution in [-0.2, 0) is 4.79 Å². The Morgan fingerprint density at radius 1 is 0.917 bits per heavy atom. The van der Waals surface area contributed by atoms with Crippen molar-refractivity contribution in [1.82, 2.24) is 5.32 Å². The first-order valence-electron chi connectivity index (χ1n) is 7.94. The van der Waals surface area contributed by atoms with Crippen molar-refractivity contribution in [2.45, 2.75) is 19.9 Å². The van der Waals surface area contributed by atoms with Gasteiger partial charge in [-0.3, -0.25) is 4.79 Å². The SMILES string of the molecule is CC(C)C(NC(=O)Nc1ccccc1)C(=O)N(C)c1ccccc1. The number of urea groups is 1. The van der Waals surface area contributed by atoms with Crippen molar-refractivity contribution in [1.29, 1.82) is 0 Å². The maximum atomic E-state index is 12.8. The van der Waals surface area contributed by atoms with Crippen LogP contribution in [0.3, 0.4) is 0 Å². The number of para-hydroxylation sites is 2. The second kappa shape index (κ2) is 8.15. The molecule has 0 spiro atoms. The molecule has 2 N–H and O–H groups in total. The van der Waals surface area contributed by atoms with Gasteiger partial charge in [0.05, 0.1) is 0 Å². The van der Waals surface area contributed by atoms with E-state index < -0.39 is 12.1 Å². The van der Waals surface area contributed by atoms with Crippen LogP contribution in [-0.4, -0.2) is 25.0 Å². The minimum atomic E-state index is -0.612. The van der Waals surface area contributed by atoms with E-state index in [4.69, 9.17) is 0 Å². The third-order valence-electron chi connectivity index (χ3n) is 3.73. The van der Waals surface area contributed by atoms with Gasteiger partial charge in [-0.05, 0) is 30.2 Å². The highest BCUT2D eigenvalue weighted by Gasteiger charge is 2.27. The van der Waals surface area contributed by atoms with E-state index in [0.29, 0.717) is 5.69 Å². The molecule has 1 unspecified atom stereocenters. The smallest absolute Gasteiger partial charge is 0.319 e. The first-order chi connectivity index (χ1) is 11.5. The molecule has 0 saturated heterocycles. The van der Waals surface area contributed by atoms with E-state index in [9.17, 15) is 9.59 Å². The van der Waals surface area contributed by atoms with E-state index in [1.54, 1.807) is 24.1 Å². The predicted molar refractivity (Wildman–Crippen MR) is 97.1 cm³/mol. The van der Waals surface area contributed by atoms with Gasteiger partial charge in [0.25, 0.3) is 0 Å². The first-order valence-corrected chi connectivity index (χ1v) is 7.94. The highest BCUT2D eigenvalue weighted by molar-refractivity contribution is 6.00. The number of rotatable bonds is 5. The maximum absolute atomic E-state index is 12.8. The summed E-state index contributed by atoms with van der Waals surface area (Å²) < 4.78 is 0. The summed E-state index contributed by atoms with van der Waals surface area (Å²) >= 11 is 0. The average molecular weight is 325 g/mol. The Labute approximate surface area is 142 Å². The number of nitrogens with one attached hydrogen (secondary N) is 2. The van der Waals surface area contributed by atoms with E-state index in [-0.39, 0.29) is 11.8 Å². The van der Waals surface area contributed by atoms with Crippen LogP contribution in [0.4, 0.5) is 16.2 Å². The molecule has 2 aromatic carbocycles. The molecule has 0 aliphatic carbocycles. The lowest BCUT2D eigenvalue weighted by atomic mass is 10.0. The summed E-state index contributed by atoms with van der Waals surface area (Å²) in [5, 5.41) is 5.51. The fraction of sp³-hybridized carbons (Fsp3) is 0.263. The lowest BCUT2D eigenvalue weighted by Crippen LogP contribution is -2.51. The van der Waals surface area contributed by atoms with Gasteiger partial charge < -0.3 is 15.5 Å². The topological polar surface area (TPSA) is 61.4 Å². The molecule has 1 atom stereocenters. The summed E-state index contributed by atoms with van der Waals surface area (Å²) in [6.07, 6.45) is 0. The molecule has 5 nitrogen and oxygen atoms in total. The zero-order valence-electron chi connectivity index (χ0n) is 14.2. The van der Waals surface area contributed by atoms with Gasteiger partial charge >= 0.3 is 6.03 Å². The number of hydrogen-bond donors (Lipinski definition) is 2. The molecule has 0 aliphatic heterocycles. The Hall–Kier alpha value is -2.82. The Morgan fingerprint density at radius 2 is 1.46 bits per heavy atom. The summed E-state index contributed by atoms with van der Waals surface area (Å²) in [6.45, 7) is 3.81. The molecule has 3 amide bonds. The molecule has 2 aromatic rings. The van der Waals surface area contributed by atoms with Gasteiger partial charge in [0.2, 0.25) is 5.91 Å². The quantitative estimate of drug-likeness (QED) is 0.884. The maximum Gasteiger partial charge on any atom is 0.319 e. The number of carbonyl (C=O) groups excluding carboxylic acids is 2. The molecule has 126 valence electrons. The van der Waals surface area contributed by atoms with E-state index in [1.807, 2.05) is 62.4 Å². The molecular formula is C19H23N3O2. The van der Waals surface area contributed by atoms with E-state index >= 15 is 0 Å². The zero-order chi connectivity index (χ0) is 17.5. The molecule has 0 heterocycles. The van der Waals surface area contributed by atoms with Gasteiger partial charge in [-0.15, -0.1) is 0 Å². The van der Waals surface area contributed by atoms with Crippen LogP contribution in [0.25, 0.3) is 0 Å². The highest BCUT2D eigenvalue weighted by atomic mass is 16.2. The molecule has 5 heteroatoms. The predicted octanol–water partition coefficient (Wildman–Crippen LogP) is 3.50. The lowest BCUT2D eigenvalue weighted by molar-refractivity contribution is -0.121. The summed E-state index contributed by atoms with van der Waals surface area (Å²) in [5.41, 5.74) is 1.47. The van der Waals surface area contributed by atoms with Crippen LogP contribution in [0.5, 0.6) is 0 Å². The Morgan fingerprint density at radius 3 is 2.00 bits per heavy atom. The fourth-order valence-corrected chi connectivity index (χ4v) is 2.33. The van der Waals surface area contributed by atoms with Crippen molar-refractivity contribution in [3.05, 3.63) is 60.7 Å². The standard InChI is InChI=1S/C19H23N3O2/c1-14(2)17(18(23)22(3)16-12-8-5-9-13-16)21-19(24)20-15-10-6-4-7-11-15/h4-14,17H,1-3H3,(H2,20,21,24). The average Bonchev–Trinajstić information content (AvgIpc) is 2.60. The van der Waals surface area contributed by atoms with Crippen LogP contribution in [0.1, 0.15) is 13.8 Å². The summed E-state index contributed by atoms with van der Waals surface area (Å²) in [5.74, 6) is -0.190. The third kappa shape index (κ3) is 4.59. The first kappa shape index (κ1) is 17.5. The van der Waals surface area contributed by atoms with Crippen molar-refractivity contribution in [2.24, 2.45) is 5.92 Å². The van der Waals surface area contributed by atoms with Crippen LogP contribution < -0.4 is 15.5 Å². The molecule has 0 radical (unpaired) electrons. The number of hydrogen-bond acceptors (Lipinski definition) is 2. The van der Waals surface area contributed by atoms with Crippen molar-refractivity contribution in [3.63, 3.8) is 0 Å². The molecule has 0 bridgehead atoms. The fourth-order valence-electron chi connectivity index (χ4n) is 2.33. The minimum absolute atomic E-state index is 0.0369. The Kier molecular flexibility index (Phi) is 5.95. The van der Waals surface area contributed by atoms with Crippen LogP contribution in [0.15, 0.2) is 60.7 Å². The summed E-state index contributed by atoms with van der Waals surface area (Å²) in [4.78, 5) is 26.5. The molecular weight excluding hydrogens is 302 g/mol. The van der Waals surface area contributed by atoms with Crippen LogP contribution in [0.2, 0.25) is 0 Å². The monoisotopic (exact) mass is 325 g/mol. The molecule has 24 heavy (non-hydrogen) atoms. The highest BCUT2D eigenvalue weighted by Crippen LogP contribution is 2.15. The van der Waals surface area contributed by atoms with Gasteiger partial charge in [0.1, 0.15) is 6.04 Å². The van der Waals surface area contributed by atoms with Gasteiger partial charge in [-0.25, -0.2) is 4.79 Å². The Balaban J connectivity index is 2.06. The van der Waals surface area contributed by atoms with E-state index in [2.05, 4.69) is 10.6 Å². The van der Waals surface area contributed by atoms with Crippen LogP contribution in [0, 0.1) is 5.92 Å². The van der Waals surface area contributed by atoms with Gasteiger partial charge in [-0.1, -0.05) is 50.2 Å². The summed E-state index contributed by atoms with van der Waals surface area (Å²) in [6, 6.07) is 17.5. The molecule has 0 fully saturated rings. The number of nitrogens with zero attached hydrogens (tertiary/aromatic N) is 1. The molecule has 0 saturated carbocycles. The van der Waals surface area contributed by atoms with E-state index in [0.717, 1.165) is 5.69 Å². The summed E-state index contributed by atoms with van der Waals surface area (Å²) in [7, 11) is 1.71. The number of benzene rings is 2. The molecule has 0 aliphatic rings. The molecule has 0 aromatic heterocycles. The largest absolute Gasteiger partial charge is 0.326 e. The third-order valence-corrected chi connectivity index (χ3v) is 3.73. The van der Waals surface area contributed by atoms with Crippen molar-refractivity contribution >= 4 is 23.3 Å². The van der Waals surface area contributed by atoms with E-state index in [1.165, 1.54) is 0 Å². The second-order valence-corrected chi connectivity index (χ2v) is 5.92. The molecule has 2 rings (SSSR count). The Bertz CT molecular complexity index is 672. The number of carbonyl (C=O) groups is 2. The van der Waals surface area contributed by atoms with Crippen molar-refractivity contribution in [2.75, 3.05) is 17.3 Å². The van der Waals surface area contributed by atoms with Crippen LogP contribution >= 0.6 is 0 Å². The number of amides is 3. The zero-order valence-corrected chi connectivity index (χ0v) is 14.2. The minimum Gasteiger partial charge on any atom is -0.326 e.